The van der Waals surface area contributed by atoms with E-state index in [0.717, 1.165) is 22.8 Å². The molecule has 2 heterocycles. The van der Waals surface area contributed by atoms with E-state index in [9.17, 15) is 14.4 Å². The number of imidazole rings is 1. The Morgan fingerprint density at radius 3 is 2.45 bits per heavy atom. The molecule has 2 aromatic heterocycles. The molecule has 10 heteroatoms. The molecule has 0 fully saturated rings. The van der Waals surface area contributed by atoms with Crippen LogP contribution in [0.3, 0.4) is 0 Å². The number of aryl methyl sites for hydroxylation is 2. The molecule has 0 aliphatic carbocycles. The maximum atomic E-state index is 12.6. The fourth-order valence-electron chi connectivity index (χ4n) is 2.96. The smallest absolute Gasteiger partial charge is 0.338 e. The Balaban J connectivity index is 1.59. The first-order valence-electron chi connectivity index (χ1n) is 10.6. The predicted molar refractivity (Wildman–Crippen MR) is 124 cm³/mol. The first-order chi connectivity index (χ1) is 15.8. The van der Waals surface area contributed by atoms with Crippen LogP contribution in [0.15, 0.2) is 29.6 Å². The number of carbonyl (C=O) groups is 3. The molecule has 174 valence electrons. The molecule has 0 spiro atoms. The van der Waals surface area contributed by atoms with Crippen molar-refractivity contribution in [3.8, 4) is 11.4 Å². The fourth-order valence-corrected chi connectivity index (χ4v) is 3.67. The lowest BCUT2D eigenvalue weighted by Crippen LogP contribution is -2.32. The average Bonchev–Trinajstić information content (AvgIpc) is 3.37. The van der Waals surface area contributed by atoms with Crippen LogP contribution in [0.1, 0.15) is 47.7 Å². The number of hydrogen-bond donors (Lipinski definition) is 2. The monoisotopic (exact) mass is 470 g/mol. The minimum absolute atomic E-state index is 0.0273. The van der Waals surface area contributed by atoms with Crippen molar-refractivity contribution in [3.63, 3.8) is 0 Å². The maximum Gasteiger partial charge on any atom is 0.338 e. The summed E-state index contributed by atoms with van der Waals surface area (Å²) in [6, 6.07) is 6.82. The van der Waals surface area contributed by atoms with Gasteiger partial charge in [0.05, 0.1) is 30.0 Å². The summed E-state index contributed by atoms with van der Waals surface area (Å²) in [5, 5.41) is 4.63. The number of H-pyrrole nitrogens is 1. The molecular weight excluding hydrogens is 444 g/mol. The highest BCUT2D eigenvalue weighted by Crippen LogP contribution is 2.20. The molecule has 1 aromatic carbocycles. The van der Waals surface area contributed by atoms with Crippen LogP contribution in [0.25, 0.3) is 11.4 Å². The summed E-state index contributed by atoms with van der Waals surface area (Å²) in [7, 11) is 0. The standard InChI is InChI=1S/C23H26N4O5S/c1-5-18(21(29)27-23-26-17(12-33-23)11-19(28)31-6-2)32-22(30)16-9-7-15(8-10-16)20-24-13(3)14(4)25-20/h7-10,12,18H,5-6,11H2,1-4H3,(H,24,25)(H,26,27,29). The molecule has 1 unspecified atom stereocenters. The molecule has 0 aliphatic heterocycles. The van der Waals surface area contributed by atoms with Gasteiger partial charge in [-0.15, -0.1) is 11.3 Å². The van der Waals surface area contributed by atoms with Crippen LogP contribution >= 0.6 is 11.3 Å². The van der Waals surface area contributed by atoms with Gasteiger partial charge in [0, 0.05) is 16.6 Å². The number of aromatic nitrogens is 3. The molecule has 0 aliphatic rings. The van der Waals surface area contributed by atoms with E-state index in [-0.39, 0.29) is 12.4 Å². The number of nitrogens with one attached hydrogen (secondary N) is 2. The van der Waals surface area contributed by atoms with E-state index in [1.807, 2.05) is 13.8 Å². The van der Waals surface area contributed by atoms with Crippen LogP contribution < -0.4 is 5.32 Å². The number of thiazole rings is 1. The zero-order valence-corrected chi connectivity index (χ0v) is 19.7. The van der Waals surface area contributed by atoms with E-state index >= 15 is 0 Å². The van der Waals surface area contributed by atoms with Crippen molar-refractivity contribution in [3.05, 3.63) is 52.3 Å². The summed E-state index contributed by atoms with van der Waals surface area (Å²) in [6.07, 6.45) is -0.661. The van der Waals surface area contributed by atoms with E-state index in [2.05, 4.69) is 20.3 Å². The Morgan fingerprint density at radius 2 is 1.85 bits per heavy atom. The average molecular weight is 471 g/mol. The molecule has 1 atom stereocenters. The summed E-state index contributed by atoms with van der Waals surface area (Å²) in [5.41, 5.74) is 3.57. The molecule has 1 amide bonds. The summed E-state index contributed by atoms with van der Waals surface area (Å²) in [5.74, 6) is -0.746. The number of benzene rings is 1. The van der Waals surface area contributed by atoms with Gasteiger partial charge in [0.15, 0.2) is 11.2 Å². The number of esters is 2. The van der Waals surface area contributed by atoms with Gasteiger partial charge in [-0.3, -0.25) is 14.9 Å². The van der Waals surface area contributed by atoms with E-state index in [4.69, 9.17) is 9.47 Å². The predicted octanol–water partition coefficient (Wildman–Crippen LogP) is 3.83. The van der Waals surface area contributed by atoms with Crippen LogP contribution in [-0.4, -0.2) is 45.5 Å². The highest BCUT2D eigenvalue weighted by molar-refractivity contribution is 7.13. The van der Waals surface area contributed by atoms with Crippen molar-refractivity contribution in [1.82, 2.24) is 15.0 Å². The van der Waals surface area contributed by atoms with Crippen molar-refractivity contribution in [2.45, 2.75) is 46.6 Å². The topological polar surface area (TPSA) is 123 Å². The van der Waals surface area contributed by atoms with Crippen molar-refractivity contribution < 1.29 is 23.9 Å². The van der Waals surface area contributed by atoms with Crippen LogP contribution in [-0.2, 0) is 25.5 Å². The quantitative estimate of drug-likeness (QED) is 0.456. The van der Waals surface area contributed by atoms with Gasteiger partial charge in [0.1, 0.15) is 5.82 Å². The summed E-state index contributed by atoms with van der Waals surface area (Å²) in [6.45, 7) is 7.63. The van der Waals surface area contributed by atoms with Crippen LogP contribution in [0.4, 0.5) is 5.13 Å². The second-order valence-corrected chi connectivity index (χ2v) is 8.15. The third-order valence-electron chi connectivity index (χ3n) is 4.85. The van der Waals surface area contributed by atoms with Crippen LogP contribution in [0, 0.1) is 13.8 Å². The fraction of sp³-hybridized carbons (Fsp3) is 0.348. The Labute approximate surface area is 195 Å². The van der Waals surface area contributed by atoms with Crippen molar-refractivity contribution in [2.75, 3.05) is 11.9 Å². The van der Waals surface area contributed by atoms with Crippen LogP contribution in [0.5, 0.6) is 0 Å². The molecule has 0 saturated carbocycles. The van der Waals surface area contributed by atoms with Gasteiger partial charge in [0.2, 0.25) is 0 Å². The molecule has 33 heavy (non-hydrogen) atoms. The van der Waals surface area contributed by atoms with Crippen molar-refractivity contribution in [1.29, 1.82) is 0 Å². The summed E-state index contributed by atoms with van der Waals surface area (Å²) >= 11 is 1.18. The van der Waals surface area contributed by atoms with Crippen molar-refractivity contribution >= 4 is 34.3 Å². The zero-order valence-electron chi connectivity index (χ0n) is 18.9. The lowest BCUT2D eigenvalue weighted by molar-refractivity contribution is -0.142. The van der Waals surface area contributed by atoms with Gasteiger partial charge < -0.3 is 14.5 Å². The molecule has 2 N–H and O–H groups in total. The highest BCUT2D eigenvalue weighted by Gasteiger charge is 2.23. The highest BCUT2D eigenvalue weighted by atomic mass is 32.1. The van der Waals surface area contributed by atoms with Gasteiger partial charge in [-0.25, -0.2) is 14.8 Å². The first kappa shape index (κ1) is 24.1. The van der Waals surface area contributed by atoms with Crippen molar-refractivity contribution in [2.24, 2.45) is 0 Å². The molecule has 0 saturated heterocycles. The number of anilines is 1. The number of carbonyl (C=O) groups excluding carboxylic acids is 3. The van der Waals surface area contributed by atoms with E-state index < -0.39 is 18.0 Å². The third-order valence-corrected chi connectivity index (χ3v) is 5.65. The van der Waals surface area contributed by atoms with Crippen LogP contribution in [0.2, 0.25) is 0 Å². The molecule has 3 aromatic rings. The molecule has 0 radical (unpaired) electrons. The lowest BCUT2D eigenvalue weighted by Gasteiger charge is -2.15. The molecule has 9 nitrogen and oxygen atoms in total. The molecule has 0 bridgehead atoms. The second kappa shape index (κ2) is 10.9. The first-order valence-corrected chi connectivity index (χ1v) is 11.4. The Kier molecular flexibility index (Phi) is 7.94. The number of aromatic amines is 1. The van der Waals surface area contributed by atoms with Gasteiger partial charge in [0.25, 0.3) is 5.91 Å². The normalized spacial score (nSPS) is 11.6. The maximum absolute atomic E-state index is 12.6. The summed E-state index contributed by atoms with van der Waals surface area (Å²) < 4.78 is 10.3. The lowest BCUT2D eigenvalue weighted by atomic mass is 10.1. The number of hydrogen-bond acceptors (Lipinski definition) is 8. The van der Waals surface area contributed by atoms with E-state index in [1.165, 1.54) is 11.3 Å². The molecule has 3 rings (SSSR count). The van der Waals surface area contributed by atoms with Gasteiger partial charge in [-0.1, -0.05) is 19.1 Å². The third kappa shape index (κ3) is 6.26. The number of ether oxygens (including phenoxy) is 2. The Hall–Kier alpha value is -3.53. The Bertz CT molecular complexity index is 1120. The summed E-state index contributed by atoms with van der Waals surface area (Å²) in [4.78, 5) is 48.6. The van der Waals surface area contributed by atoms with Gasteiger partial charge in [-0.2, -0.15) is 0 Å². The number of amides is 1. The van der Waals surface area contributed by atoms with E-state index in [0.29, 0.717) is 29.4 Å². The minimum Gasteiger partial charge on any atom is -0.466 e. The number of nitrogens with zero attached hydrogens (tertiary/aromatic N) is 2. The van der Waals surface area contributed by atoms with Gasteiger partial charge >= 0.3 is 11.9 Å². The zero-order chi connectivity index (χ0) is 24.0. The Morgan fingerprint density at radius 1 is 1.12 bits per heavy atom. The second-order valence-electron chi connectivity index (χ2n) is 7.29. The van der Waals surface area contributed by atoms with E-state index in [1.54, 1.807) is 43.5 Å². The number of rotatable bonds is 9. The largest absolute Gasteiger partial charge is 0.466 e. The molecular formula is C23H26N4O5S. The minimum atomic E-state index is -0.982. The SMILES string of the molecule is CCOC(=O)Cc1csc(NC(=O)C(CC)OC(=O)c2ccc(-c3nc(C)c(C)[nH]3)cc2)n1. The van der Waals surface area contributed by atoms with Gasteiger partial charge in [-0.05, 0) is 39.3 Å².